The van der Waals surface area contributed by atoms with Crippen LogP contribution in [0.15, 0.2) is 0 Å². The lowest BCUT2D eigenvalue weighted by Gasteiger charge is -2.18. The quantitative estimate of drug-likeness (QED) is 0.690. The average Bonchev–Trinajstić information content (AvgIpc) is 2.14. The zero-order valence-corrected chi connectivity index (χ0v) is 8.86. The van der Waals surface area contributed by atoms with Gasteiger partial charge in [-0.3, -0.25) is 9.59 Å². The van der Waals surface area contributed by atoms with E-state index in [1.807, 2.05) is 0 Å². The van der Waals surface area contributed by atoms with Crippen LogP contribution < -0.4 is 0 Å². The van der Waals surface area contributed by atoms with Gasteiger partial charge in [-0.15, -0.1) is 11.6 Å². The molecule has 0 aromatic rings. The van der Waals surface area contributed by atoms with E-state index >= 15 is 0 Å². The molecule has 0 aliphatic carbocycles. The van der Waals surface area contributed by atoms with Crippen molar-refractivity contribution in [2.75, 3.05) is 19.5 Å². The Hall–Kier alpha value is -0.780. The molecule has 15 heavy (non-hydrogen) atoms. The van der Waals surface area contributed by atoms with Gasteiger partial charge < -0.3 is 4.90 Å². The van der Waals surface area contributed by atoms with Crippen LogP contribution in [-0.2, 0) is 9.59 Å². The lowest BCUT2D eigenvalue weighted by Crippen LogP contribution is -2.39. The molecular weight excluding hydrogens is 235 g/mol. The number of hydrogen-bond donors (Lipinski definition) is 0. The van der Waals surface area contributed by atoms with Gasteiger partial charge in [0.05, 0.1) is 5.88 Å². The molecule has 0 spiro atoms. The van der Waals surface area contributed by atoms with Crippen molar-refractivity contribution >= 4 is 23.3 Å². The number of hydrogen-bond acceptors (Lipinski definition) is 2. The van der Waals surface area contributed by atoms with Crippen LogP contribution in [0.1, 0.15) is 12.8 Å². The lowest BCUT2D eigenvalue weighted by molar-refractivity contribution is -0.184. The first kappa shape index (κ1) is 14.2. The summed E-state index contributed by atoms with van der Waals surface area (Å²) in [5.74, 6) is -2.30. The first-order valence-corrected chi connectivity index (χ1v) is 4.72. The molecule has 7 heteroatoms. The standard InChI is InChI=1S/C8H11ClF3NO2/c1-13(7(15)8(10,11)12)4-2-3-6(14)5-9/h2-5H2,1H3. The van der Waals surface area contributed by atoms with E-state index in [-0.39, 0.29) is 31.0 Å². The van der Waals surface area contributed by atoms with Gasteiger partial charge in [0, 0.05) is 20.0 Å². The summed E-state index contributed by atoms with van der Waals surface area (Å²) in [6.45, 7) is -0.110. The molecule has 0 aliphatic heterocycles. The highest BCUT2D eigenvalue weighted by molar-refractivity contribution is 6.27. The number of carbonyl (C=O) groups excluding carboxylic acids is 2. The Morgan fingerprint density at radius 2 is 1.87 bits per heavy atom. The third-order valence-electron chi connectivity index (χ3n) is 1.69. The van der Waals surface area contributed by atoms with Gasteiger partial charge in [-0.25, -0.2) is 0 Å². The van der Waals surface area contributed by atoms with Crippen molar-refractivity contribution in [2.45, 2.75) is 19.0 Å². The molecule has 0 fully saturated rings. The van der Waals surface area contributed by atoms with Gasteiger partial charge in [0.2, 0.25) is 0 Å². The minimum atomic E-state index is -4.86. The number of carbonyl (C=O) groups is 2. The van der Waals surface area contributed by atoms with E-state index in [0.717, 1.165) is 7.05 Å². The second kappa shape index (κ2) is 5.95. The summed E-state index contributed by atoms with van der Waals surface area (Å²) in [5.41, 5.74) is 0. The van der Waals surface area contributed by atoms with Gasteiger partial charge in [-0.2, -0.15) is 13.2 Å². The Kier molecular flexibility index (Phi) is 5.64. The van der Waals surface area contributed by atoms with Crippen LogP contribution in [0, 0.1) is 0 Å². The molecule has 0 aromatic heterocycles. The van der Waals surface area contributed by atoms with E-state index in [9.17, 15) is 22.8 Å². The summed E-state index contributed by atoms with van der Waals surface area (Å²) in [5, 5.41) is 0. The van der Waals surface area contributed by atoms with Gasteiger partial charge in [0.1, 0.15) is 5.78 Å². The molecule has 0 saturated carbocycles. The van der Waals surface area contributed by atoms with Crippen LogP contribution in [0.2, 0.25) is 0 Å². The van der Waals surface area contributed by atoms with Crippen LogP contribution in [0.4, 0.5) is 13.2 Å². The van der Waals surface area contributed by atoms with Gasteiger partial charge in [0.15, 0.2) is 0 Å². The Bertz CT molecular complexity index is 243. The van der Waals surface area contributed by atoms with Gasteiger partial charge >= 0.3 is 12.1 Å². The maximum Gasteiger partial charge on any atom is 0.471 e. The Labute approximate surface area is 90.2 Å². The number of amides is 1. The number of ketones is 1. The molecule has 0 radical (unpaired) electrons. The lowest BCUT2D eigenvalue weighted by atomic mass is 10.2. The van der Waals surface area contributed by atoms with E-state index in [1.54, 1.807) is 0 Å². The number of halogens is 4. The second-order valence-electron chi connectivity index (χ2n) is 3.00. The van der Waals surface area contributed by atoms with E-state index in [4.69, 9.17) is 11.6 Å². The molecule has 0 aliphatic rings. The van der Waals surface area contributed by atoms with Crippen molar-refractivity contribution in [3.05, 3.63) is 0 Å². The molecule has 0 heterocycles. The van der Waals surface area contributed by atoms with Gasteiger partial charge in [-0.05, 0) is 6.42 Å². The van der Waals surface area contributed by atoms with Crippen LogP contribution in [0.3, 0.4) is 0 Å². The fourth-order valence-corrected chi connectivity index (χ4v) is 1.03. The summed E-state index contributed by atoms with van der Waals surface area (Å²) in [4.78, 5) is 21.8. The molecule has 3 nitrogen and oxygen atoms in total. The Morgan fingerprint density at radius 1 is 1.33 bits per heavy atom. The van der Waals surface area contributed by atoms with E-state index in [2.05, 4.69) is 0 Å². The molecule has 0 aromatic carbocycles. The monoisotopic (exact) mass is 245 g/mol. The van der Waals surface area contributed by atoms with Crippen LogP contribution in [0.25, 0.3) is 0 Å². The molecule has 1 amide bonds. The van der Waals surface area contributed by atoms with E-state index in [0.29, 0.717) is 4.90 Å². The first-order valence-electron chi connectivity index (χ1n) is 4.19. The summed E-state index contributed by atoms with van der Waals surface area (Å²) < 4.78 is 35.6. The number of nitrogens with zero attached hydrogens (tertiary/aromatic N) is 1. The summed E-state index contributed by atoms with van der Waals surface area (Å²) in [6.07, 6.45) is -4.59. The zero-order chi connectivity index (χ0) is 12.1. The summed E-state index contributed by atoms with van der Waals surface area (Å²) in [6, 6.07) is 0. The molecule has 88 valence electrons. The number of alkyl halides is 4. The fraction of sp³-hybridized carbons (Fsp3) is 0.750. The van der Waals surface area contributed by atoms with Gasteiger partial charge in [0.25, 0.3) is 0 Å². The van der Waals surface area contributed by atoms with Crippen molar-refractivity contribution in [1.82, 2.24) is 4.90 Å². The average molecular weight is 246 g/mol. The normalized spacial score (nSPS) is 11.3. The highest BCUT2D eigenvalue weighted by Gasteiger charge is 2.40. The zero-order valence-electron chi connectivity index (χ0n) is 8.10. The number of Topliss-reactive ketones (excluding diaryl/α,β-unsaturated/α-hetero) is 1. The molecule has 0 rings (SSSR count). The summed E-state index contributed by atoms with van der Waals surface area (Å²) in [7, 11) is 1.04. The van der Waals surface area contributed by atoms with Crippen LogP contribution in [-0.4, -0.2) is 42.2 Å². The molecule has 0 bridgehead atoms. The van der Waals surface area contributed by atoms with Crippen molar-refractivity contribution < 1.29 is 22.8 Å². The smallest absolute Gasteiger partial charge is 0.338 e. The highest BCUT2D eigenvalue weighted by atomic mass is 35.5. The molecule has 0 atom stereocenters. The largest absolute Gasteiger partial charge is 0.471 e. The van der Waals surface area contributed by atoms with Crippen molar-refractivity contribution in [2.24, 2.45) is 0 Å². The molecule has 0 N–H and O–H groups in total. The van der Waals surface area contributed by atoms with E-state index in [1.165, 1.54) is 0 Å². The predicted octanol–water partition coefficient (Wildman–Crippen LogP) is 1.60. The second-order valence-corrected chi connectivity index (χ2v) is 3.27. The van der Waals surface area contributed by atoms with Gasteiger partial charge in [-0.1, -0.05) is 0 Å². The molecule has 0 saturated heterocycles. The molecule has 0 unspecified atom stereocenters. The third-order valence-corrected chi connectivity index (χ3v) is 1.99. The predicted molar refractivity (Wildman–Crippen MR) is 48.7 cm³/mol. The maximum absolute atomic E-state index is 11.9. The van der Waals surface area contributed by atoms with Crippen molar-refractivity contribution in [1.29, 1.82) is 0 Å². The topological polar surface area (TPSA) is 37.4 Å². The summed E-state index contributed by atoms with van der Waals surface area (Å²) >= 11 is 5.19. The maximum atomic E-state index is 11.9. The number of rotatable bonds is 5. The Balaban J connectivity index is 3.90. The first-order chi connectivity index (χ1) is 6.79. The van der Waals surface area contributed by atoms with E-state index < -0.39 is 12.1 Å². The Morgan fingerprint density at radius 3 is 2.27 bits per heavy atom. The van der Waals surface area contributed by atoms with Crippen molar-refractivity contribution in [3.63, 3.8) is 0 Å². The minimum absolute atomic E-state index is 0.0823. The fourth-order valence-electron chi connectivity index (χ4n) is 0.898. The minimum Gasteiger partial charge on any atom is -0.338 e. The van der Waals surface area contributed by atoms with Crippen molar-refractivity contribution in [3.8, 4) is 0 Å². The highest BCUT2D eigenvalue weighted by Crippen LogP contribution is 2.17. The SMILES string of the molecule is CN(CCCC(=O)CCl)C(=O)C(F)(F)F. The third kappa shape index (κ3) is 5.61. The van der Waals surface area contributed by atoms with Crippen LogP contribution >= 0.6 is 11.6 Å². The van der Waals surface area contributed by atoms with Crippen LogP contribution in [0.5, 0.6) is 0 Å². The molecular formula is C8H11ClF3NO2.